The van der Waals surface area contributed by atoms with Gasteiger partial charge in [-0.3, -0.25) is 0 Å². The number of halogens is 1. The van der Waals surface area contributed by atoms with Crippen LogP contribution in [0.2, 0.25) is 0 Å². The van der Waals surface area contributed by atoms with Crippen molar-refractivity contribution in [1.82, 2.24) is 0 Å². The van der Waals surface area contributed by atoms with E-state index in [4.69, 9.17) is 5.11 Å². The Morgan fingerprint density at radius 1 is 1.41 bits per heavy atom. The van der Waals surface area contributed by atoms with Crippen LogP contribution in [0.1, 0.15) is 58.8 Å². The number of aliphatic hydroxyl groups excluding tert-OH is 2. The third-order valence-corrected chi connectivity index (χ3v) is 6.96. The van der Waals surface area contributed by atoms with Crippen molar-refractivity contribution in [2.45, 2.75) is 71.1 Å². The minimum Gasteiger partial charge on any atom is -0.516 e. The molecular weight excluding hydrogens is 339 g/mol. The van der Waals surface area contributed by atoms with Crippen molar-refractivity contribution in [3.63, 3.8) is 0 Å². The zero-order valence-electron chi connectivity index (χ0n) is 16.6. The Bertz CT molecular complexity index is 699. The largest absolute Gasteiger partial charge is 0.516 e. The molecule has 0 heterocycles. The zero-order valence-corrected chi connectivity index (χ0v) is 16.6. The third-order valence-electron chi connectivity index (χ3n) is 6.96. The number of rotatable bonds is 4. The average molecular weight is 373 g/mol. The molecule has 3 heteroatoms. The molecule has 3 rings (SSSR count). The second-order valence-electron chi connectivity index (χ2n) is 8.76. The first kappa shape index (κ1) is 20.1. The fraction of sp³-hybridized carbons (Fsp3) is 0.583. The summed E-state index contributed by atoms with van der Waals surface area (Å²) in [6.07, 6.45) is 13.9. The van der Waals surface area contributed by atoms with Gasteiger partial charge >= 0.3 is 0 Å². The standard InChI is InChI=1S/C24H33FO2/c1-16(6-5-13-26)21-10-11-22-18(7-4-12-24(21,22)3)8-9-19-14-20(27)15-23(25)17(19)2/h5,8-10,13,16,20,22-23,26-27H,2,4,6-7,11-12,14-15H2,1,3H3/b13-5+,18-8+,19-9-/t16-,20+,22?,23-,24+/m0/s1. The lowest BCUT2D eigenvalue weighted by Crippen LogP contribution is -2.32. The van der Waals surface area contributed by atoms with Crippen molar-refractivity contribution in [3.05, 3.63) is 59.4 Å². The smallest absolute Gasteiger partial charge is 0.127 e. The van der Waals surface area contributed by atoms with Crippen LogP contribution < -0.4 is 0 Å². The molecule has 0 aromatic carbocycles. The first-order chi connectivity index (χ1) is 12.9. The molecule has 0 bridgehead atoms. The van der Waals surface area contributed by atoms with Crippen LogP contribution in [0.4, 0.5) is 4.39 Å². The second kappa shape index (κ2) is 8.18. The van der Waals surface area contributed by atoms with E-state index in [9.17, 15) is 9.50 Å². The highest BCUT2D eigenvalue weighted by atomic mass is 19.1. The van der Waals surface area contributed by atoms with Gasteiger partial charge in [0.2, 0.25) is 0 Å². The molecule has 0 spiro atoms. The Morgan fingerprint density at radius 3 is 2.93 bits per heavy atom. The lowest BCUT2D eigenvalue weighted by molar-refractivity contribution is 0.124. The monoisotopic (exact) mass is 372 g/mol. The van der Waals surface area contributed by atoms with Crippen LogP contribution in [0.5, 0.6) is 0 Å². The highest BCUT2D eigenvalue weighted by Crippen LogP contribution is 2.56. The number of alkyl halides is 1. The fourth-order valence-corrected chi connectivity index (χ4v) is 5.44. The van der Waals surface area contributed by atoms with E-state index in [0.29, 0.717) is 23.8 Å². The van der Waals surface area contributed by atoms with Gasteiger partial charge in [-0.2, -0.15) is 0 Å². The van der Waals surface area contributed by atoms with Crippen LogP contribution in [-0.2, 0) is 0 Å². The number of fused-ring (bicyclic) bond motifs is 1. The molecule has 2 N–H and O–H groups in total. The average Bonchev–Trinajstić information content (AvgIpc) is 2.99. The summed E-state index contributed by atoms with van der Waals surface area (Å²) in [5, 5.41) is 18.9. The number of hydrogen-bond donors (Lipinski definition) is 2. The maximum absolute atomic E-state index is 14.0. The van der Waals surface area contributed by atoms with E-state index in [2.05, 4.69) is 32.6 Å². The molecule has 148 valence electrons. The summed E-state index contributed by atoms with van der Waals surface area (Å²) >= 11 is 0. The van der Waals surface area contributed by atoms with Crippen LogP contribution >= 0.6 is 0 Å². The second-order valence-corrected chi connectivity index (χ2v) is 8.76. The Morgan fingerprint density at radius 2 is 2.19 bits per heavy atom. The first-order valence-electron chi connectivity index (χ1n) is 10.3. The first-order valence-corrected chi connectivity index (χ1v) is 10.3. The minimum atomic E-state index is -1.13. The fourth-order valence-electron chi connectivity index (χ4n) is 5.44. The lowest BCUT2D eigenvalue weighted by Gasteiger charge is -2.42. The molecule has 3 aliphatic rings. The predicted molar refractivity (Wildman–Crippen MR) is 109 cm³/mol. The third kappa shape index (κ3) is 3.99. The highest BCUT2D eigenvalue weighted by molar-refractivity contribution is 5.40. The minimum absolute atomic E-state index is 0.168. The molecule has 0 amide bonds. The summed E-state index contributed by atoms with van der Waals surface area (Å²) in [4.78, 5) is 0. The van der Waals surface area contributed by atoms with Crippen LogP contribution in [0.25, 0.3) is 0 Å². The quantitative estimate of drug-likeness (QED) is 0.461. The van der Waals surface area contributed by atoms with Gasteiger partial charge in [-0.15, -0.1) is 0 Å². The maximum atomic E-state index is 14.0. The van der Waals surface area contributed by atoms with E-state index < -0.39 is 12.3 Å². The van der Waals surface area contributed by atoms with Crippen molar-refractivity contribution in [3.8, 4) is 0 Å². The summed E-state index contributed by atoms with van der Waals surface area (Å²) in [7, 11) is 0. The normalized spacial score (nSPS) is 38.4. The van der Waals surface area contributed by atoms with Gasteiger partial charge < -0.3 is 10.2 Å². The summed E-state index contributed by atoms with van der Waals surface area (Å²) in [5.74, 6) is 0.934. The van der Waals surface area contributed by atoms with Crippen LogP contribution in [-0.4, -0.2) is 22.5 Å². The number of allylic oxidation sites excluding steroid dienone is 7. The molecule has 0 aliphatic heterocycles. The lowest BCUT2D eigenvalue weighted by atomic mass is 9.62. The van der Waals surface area contributed by atoms with E-state index in [1.165, 1.54) is 17.6 Å². The molecule has 2 fully saturated rings. The van der Waals surface area contributed by atoms with Crippen molar-refractivity contribution < 1.29 is 14.6 Å². The summed E-state index contributed by atoms with van der Waals surface area (Å²) in [5.41, 5.74) is 4.52. The van der Waals surface area contributed by atoms with E-state index in [0.717, 1.165) is 37.5 Å². The van der Waals surface area contributed by atoms with Crippen molar-refractivity contribution in [2.75, 3.05) is 0 Å². The van der Waals surface area contributed by atoms with E-state index >= 15 is 0 Å². The molecule has 27 heavy (non-hydrogen) atoms. The molecule has 3 aliphatic carbocycles. The molecule has 0 aromatic heterocycles. The van der Waals surface area contributed by atoms with E-state index in [-0.39, 0.29) is 11.8 Å². The molecule has 1 unspecified atom stereocenters. The molecule has 5 atom stereocenters. The Kier molecular flexibility index (Phi) is 6.10. The zero-order chi connectivity index (χ0) is 19.6. The number of hydrogen-bond acceptors (Lipinski definition) is 2. The van der Waals surface area contributed by atoms with E-state index in [1.807, 2.05) is 12.2 Å². The van der Waals surface area contributed by atoms with Gasteiger partial charge in [0.25, 0.3) is 0 Å². The Labute approximate surface area is 162 Å². The van der Waals surface area contributed by atoms with Crippen LogP contribution in [0.3, 0.4) is 0 Å². The summed E-state index contributed by atoms with van der Waals surface area (Å²) < 4.78 is 14.0. The summed E-state index contributed by atoms with van der Waals surface area (Å²) in [6.45, 7) is 8.53. The molecule has 0 saturated heterocycles. The molecular formula is C24H33FO2. The van der Waals surface area contributed by atoms with E-state index in [1.54, 1.807) is 0 Å². The van der Waals surface area contributed by atoms with Gasteiger partial charge in [0.1, 0.15) is 6.17 Å². The SMILES string of the molecule is C=C1/C(=C\C=C2/CCC[C@]3(C)C([C@@H](C)C/C=C/O)=CCC23)C[C@@H](O)C[C@@H]1F. The van der Waals surface area contributed by atoms with Gasteiger partial charge in [-0.25, -0.2) is 4.39 Å². The van der Waals surface area contributed by atoms with Gasteiger partial charge in [-0.1, -0.05) is 49.8 Å². The van der Waals surface area contributed by atoms with Gasteiger partial charge in [-0.05, 0) is 73.0 Å². The highest BCUT2D eigenvalue weighted by Gasteiger charge is 2.45. The van der Waals surface area contributed by atoms with Crippen molar-refractivity contribution in [1.29, 1.82) is 0 Å². The topological polar surface area (TPSA) is 40.5 Å². The van der Waals surface area contributed by atoms with Gasteiger partial charge in [0.05, 0.1) is 12.4 Å². The molecule has 2 saturated carbocycles. The van der Waals surface area contributed by atoms with Gasteiger partial charge in [0.15, 0.2) is 0 Å². The molecule has 2 nitrogen and oxygen atoms in total. The van der Waals surface area contributed by atoms with Gasteiger partial charge in [0, 0.05) is 6.42 Å². The Hall–Kier alpha value is -1.61. The van der Waals surface area contributed by atoms with Crippen molar-refractivity contribution >= 4 is 0 Å². The summed E-state index contributed by atoms with van der Waals surface area (Å²) in [6, 6.07) is 0. The predicted octanol–water partition coefficient (Wildman–Crippen LogP) is 6.12. The molecule has 0 radical (unpaired) electrons. The van der Waals surface area contributed by atoms with Crippen LogP contribution in [0, 0.1) is 17.3 Å². The maximum Gasteiger partial charge on any atom is 0.127 e. The molecule has 0 aromatic rings. The Balaban J connectivity index is 1.80. The van der Waals surface area contributed by atoms with Crippen molar-refractivity contribution in [2.24, 2.45) is 17.3 Å². The van der Waals surface area contributed by atoms with Crippen LogP contribution in [0.15, 0.2) is 59.4 Å². The number of aliphatic hydroxyl groups is 2.